The smallest absolute Gasteiger partial charge is 0.276 e. The van der Waals surface area contributed by atoms with Crippen LogP contribution in [0.4, 0.5) is 5.69 Å². The van der Waals surface area contributed by atoms with Crippen LogP contribution < -0.4 is 5.32 Å². The van der Waals surface area contributed by atoms with Gasteiger partial charge in [-0.25, -0.2) is 0 Å². The first-order valence-corrected chi connectivity index (χ1v) is 10.2. The van der Waals surface area contributed by atoms with E-state index in [1.165, 1.54) is 0 Å². The third-order valence-electron chi connectivity index (χ3n) is 5.41. The summed E-state index contributed by atoms with van der Waals surface area (Å²) < 4.78 is 1.62. The fraction of sp³-hybridized carbons (Fsp3) is 0.125. The van der Waals surface area contributed by atoms with Gasteiger partial charge in [0.05, 0.1) is 30.3 Å². The summed E-state index contributed by atoms with van der Waals surface area (Å²) in [7, 11) is 0. The number of fused-ring (bicyclic) bond motifs is 2. The summed E-state index contributed by atoms with van der Waals surface area (Å²) in [4.78, 5) is 24.9. The molecule has 8 nitrogen and oxygen atoms in total. The zero-order valence-electron chi connectivity index (χ0n) is 17.0. The monoisotopic (exact) mass is 425 g/mol. The topological polar surface area (TPSA) is 109 Å². The van der Waals surface area contributed by atoms with E-state index in [2.05, 4.69) is 20.6 Å². The summed E-state index contributed by atoms with van der Waals surface area (Å²) in [5.41, 5.74) is 3.94. The normalized spacial score (nSPS) is 17.2. The number of amides is 2. The molecule has 1 unspecified atom stereocenters. The van der Waals surface area contributed by atoms with Crippen molar-refractivity contribution in [1.82, 2.24) is 9.78 Å². The number of anilines is 1. The quantitative estimate of drug-likeness (QED) is 0.649. The minimum Gasteiger partial charge on any atom is -0.394 e. The summed E-state index contributed by atoms with van der Waals surface area (Å²) in [5.74, 6) is -1.02. The number of carbonyl (C=O) groups excluding carboxylic acids is 2. The molecule has 2 N–H and O–H groups in total. The lowest BCUT2D eigenvalue weighted by Gasteiger charge is -2.19. The Morgan fingerprint density at radius 2 is 1.88 bits per heavy atom. The van der Waals surface area contributed by atoms with E-state index in [4.69, 9.17) is 0 Å². The van der Waals surface area contributed by atoms with Crippen molar-refractivity contribution in [1.29, 1.82) is 0 Å². The predicted molar refractivity (Wildman–Crippen MR) is 120 cm³/mol. The summed E-state index contributed by atoms with van der Waals surface area (Å²) in [6, 6.07) is 14.6. The standard InChI is InChI=1S/C24H19N5O3/c30-14-13-29-20-8-4-3-7-19(20)22(28-29)24(32)25-16-11-9-15(10-12-16)21-17-5-1-2-6-18(17)23(31)27-26-21/h1-12,18,30H,13-14H2,(H,25,32). The van der Waals surface area contributed by atoms with E-state index in [0.29, 0.717) is 23.6 Å². The van der Waals surface area contributed by atoms with Gasteiger partial charge in [0, 0.05) is 16.6 Å². The molecule has 1 aliphatic carbocycles. The molecular weight excluding hydrogens is 406 g/mol. The second-order valence-electron chi connectivity index (χ2n) is 7.41. The van der Waals surface area contributed by atoms with E-state index in [9.17, 15) is 14.7 Å². The van der Waals surface area contributed by atoms with Crippen LogP contribution in [-0.4, -0.2) is 33.3 Å². The van der Waals surface area contributed by atoms with Gasteiger partial charge in [-0.3, -0.25) is 14.3 Å². The van der Waals surface area contributed by atoms with Gasteiger partial charge in [0.1, 0.15) is 0 Å². The zero-order chi connectivity index (χ0) is 22.1. The molecule has 32 heavy (non-hydrogen) atoms. The molecule has 0 saturated carbocycles. The van der Waals surface area contributed by atoms with Crippen LogP contribution in [0.2, 0.25) is 0 Å². The van der Waals surface area contributed by atoms with Crippen molar-refractivity contribution in [3.05, 3.63) is 89.7 Å². The van der Waals surface area contributed by atoms with Crippen molar-refractivity contribution in [3.8, 4) is 0 Å². The second kappa shape index (κ2) is 8.16. The number of hydrogen-bond acceptors (Lipinski definition) is 5. The van der Waals surface area contributed by atoms with Crippen molar-refractivity contribution in [2.75, 3.05) is 11.9 Å². The van der Waals surface area contributed by atoms with Gasteiger partial charge in [-0.05, 0) is 23.8 Å². The molecule has 0 spiro atoms. The van der Waals surface area contributed by atoms with E-state index in [0.717, 1.165) is 22.0 Å². The fourth-order valence-corrected chi connectivity index (χ4v) is 3.89. The van der Waals surface area contributed by atoms with Crippen LogP contribution in [0.5, 0.6) is 0 Å². The van der Waals surface area contributed by atoms with Gasteiger partial charge in [-0.2, -0.15) is 5.10 Å². The number of azo groups is 1. The highest BCUT2D eigenvalue weighted by Gasteiger charge is 2.27. The molecule has 2 aromatic carbocycles. The van der Waals surface area contributed by atoms with Gasteiger partial charge in [-0.15, -0.1) is 10.2 Å². The SMILES string of the molecule is O=C(Nc1ccc(C2=C3C=CC=CC3C(=O)N=N2)cc1)c1nn(CCO)c2ccccc12. The molecular formula is C24H19N5O3. The first-order valence-electron chi connectivity index (χ1n) is 10.2. The van der Waals surface area contributed by atoms with E-state index in [-0.39, 0.29) is 18.4 Å². The molecule has 2 aliphatic rings. The number of para-hydroxylation sites is 1. The van der Waals surface area contributed by atoms with Gasteiger partial charge < -0.3 is 10.4 Å². The minimum atomic E-state index is -0.408. The number of nitrogens with zero attached hydrogens (tertiary/aromatic N) is 4. The Kier molecular flexibility index (Phi) is 5.04. The molecule has 158 valence electrons. The number of rotatable bonds is 5. The molecule has 1 aromatic heterocycles. The Morgan fingerprint density at radius 3 is 2.69 bits per heavy atom. The maximum atomic E-state index is 12.9. The summed E-state index contributed by atoms with van der Waals surface area (Å²) in [6.45, 7) is 0.239. The Bertz CT molecular complexity index is 1350. The van der Waals surface area contributed by atoms with Gasteiger partial charge in [0.2, 0.25) is 0 Å². The molecule has 3 aromatic rings. The number of carbonyl (C=O) groups is 2. The van der Waals surface area contributed by atoms with Crippen LogP contribution in [0.15, 0.2) is 88.6 Å². The van der Waals surface area contributed by atoms with Crippen LogP contribution in [0.3, 0.4) is 0 Å². The first kappa shape index (κ1) is 19.8. The lowest BCUT2D eigenvalue weighted by atomic mass is 9.89. The molecule has 0 fully saturated rings. The molecule has 1 aliphatic heterocycles. The Hall–Kier alpha value is -4.17. The molecule has 1 atom stereocenters. The van der Waals surface area contributed by atoms with Gasteiger partial charge in [0.25, 0.3) is 11.8 Å². The second-order valence-corrected chi connectivity index (χ2v) is 7.41. The van der Waals surface area contributed by atoms with Gasteiger partial charge >= 0.3 is 0 Å². The van der Waals surface area contributed by atoms with E-state index >= 15 is 0 Å². The number of aromatic nitrogens is 2. The highest BCUT2D eigenvalue weighted by molar-refractivity contribution is 6.11. The molecule has 2 heterocycles. The maximum Gasteiger partial charge on any atom is 0.276 e. The number of nitrogens with one attached hydrogen (secondary N) is 1. The highest BCUT2D eigenvalue weighted by atomic mass is 16.3. The first-order chi connectivity index (χ1) is 15.7. The van der Waals surface area contributed by atoms with Gasteiger partial charge in [-0.1, -0.05) is 54.6 Å². The average molecular weight is 425 g/mol. The molecule has 0 bridgehead atoms. The minimum absolute atomic E-state index is 0.0686. The van der Waals surface area contributed by atoms with Crippen molar-refractivity contribution in [2.24, 2.45) is 16.1 Å². The molecule has 0 saturated heterocycles. The Balaban J connectivity index is 1.40. The van der Waals surface area contributed by atoms with Crippen molar-refractivity contribution in [3.63, 3.8) is 0 Å². The van der Waals surface area contributed by atoms with Crippen LogP contribution in [0.25, 0.3) is 16.6 Å². The third-order valence-corrected chi connectivity index (χ3v) is 5.41. The Labute approximate surface area is 183 Å². The van der Waals surface area contributed by atoms with E-state index < -0.39 is 5.92 Å². The third kappa shape index (κ3) is 3.46. The summed E-state index contributed by atoms with van der Waals surface area (Å²) in [6.07, 6.45) is 7.38. The van der Waals surface area contributed by atoms with E-state index in [1.54, 1.807) is 16.8 Å². The number of allylic oxidation sites excluding steroid dienone is 3. The van der Waals surface area contributed by atoms with Crippen molar-refractivity contribution < 1.29 is 14.7 Å². The Morgan fingerprint density at radius 1 is 1.06 bits per heavy atom. The molecule has 2 amide bonds. The van der Waals surface area contributed by atoms with Crippen LogP contribution >= 0.6 is 0 Å². The lowest BCUT2D eigenvalue weighted by Crippen LogP contribution is -2.17. The molecule has 8 heteroatoms. The van der Waals surface area contributed by atoms with Crippen LogP contribution in [-0.2, 0) is 11.3 Å². The fourth-order valence-electron chi connectivity index (χ4n) is 3.89. The van der Waals surface area contributed by atoms with Crippen molar-refractivity contribution in [2.45, 2.75) is 6.54 Å². The molecule has 5 rings (SSSR count). The van der Waals surface area contributed by atoms with Crippen molar-refractivity contribution >= 4 is 34.1 Å². The largest absolute Gasteiger partial charge is 0.394 e. The maximum absolute atomic E-state index is 12.9. The highest BCUT2D eigenvalue weighted by Crippen LogP contribution is 2.34. The number of aliphatic hydroxyl groups is 1. The number of aliphatic hydroxyl groups excluding tert-OH is 1. The molecule has 0 radical (unpaired) electrons. The number of benzene rings is 2. The summed E-state index contributed by atoms with van der Waals surface area (Å²) >= 11 is 0. The lowest BCUT2D eigenvalue weighted by molar-refractivity contribution is -0.119. The zero-order valence-corrected chi connectivity index (χ0v) is 17.0. The average Bonchev–Trinajstić information content (AvgIpc) is 3.19. The number of hydrogen-bond donors (Lipinski definition) is 2. The van der Waals surface area contributed by atoms with Crippen LogP contribution in [0.1, 0.15) is 16.1 Å². The van der Waals surface area contributed by atoms with Gasteiger partial charge in [0.15, 0.2) is 5.69 Å². The van der Waals surface area contributed by atoms with Crippen LogP contribution in [0, 0.1) is 5.92 Å². The summed E-state index contributed by atoms with van der Waals surface area (Å²) in [5, 5.41) is 25.1. The van der Waals surface area contributed by atoms with E-state index in [1.807, 2.05) is 60.7 Å². The predicted octanol–water partition coefficient (Wildman–Crippen LogP) is 3.73.